The van der Waals surface area contributed by atoms with E-state index in [-0.39, 0.29) is 11.5 Å². The first-order valence-electron chi connectivity index (χ1n) is 10.9. The van der Waals surface area contributed by atoms with Crippen LogP contribution in [0.25, 0.3) is 10.9 Å². The Bertz CT molecular complexity index is 1410. The quantitative estimate of drug-likeness (QED) is 0.320. The lowest BCUT2D eigenvalue weighted by Gasteiger charge is -2.17. The Morgan fingerprint density at radius 1 is 1.15 bits per heavy atom. The third-order valence-electron chi connectivity index (χ3n) is 5.73. The molecule has 0 spiro atoms. The normalized spacial score (nSPS) is 12.0. The summed E-state index contributed by atoms with van der Waals surface area (Å²) in [7, 11) is 3.45. The molecule has 0 aliphatic carbocycles. The third-order valence-corrected chi connectivity index (χ3v) is 6.83. The monoisotopic (exact) mass is 477 g/mol. The average Bonchev–Trinajstić information content (AvgIpc) is 3.07. The van der Waals surface area contributed by atoms with Gasteiger partial charge in [-0.1, -0.05) is 36.0 Å². The lowest BCUT2D eigenvalue weighted by Crippen LogP contribution is -2.27. The van der Waals surface area contributed by atoms with Crippen molar-refractivity contribution in [2.75, 3.05) is 12.4 Å². The van der Waals surface area contributed by atoms with Crippen LogP contribution in [-0.4, -0.2) is 37.6 Å². The van der Waals surface area contributed by atoms with Gasteiger partial charge in [0.05, 0.1) is 46.9 Å². The Morgan fingerprint density at radius 3 is 2.50 bits per heavy atom. The van der Waals surface area contributed by atoms with E-state index in [1.165, 1.54) is 11.8 Å². The second-order valence-corrected chi connectivity index (χ2v) is 9.38. The van der Waals surface area contributed by atoms with Gasteiger partial charge in [0, 0.05) is 7.05 Å². The number of hydrogen-bond donors (Lipinski definition) is 1. The third kappa shape index (κ3) is 4.70. The van der Waals surface area contributed by atoms with Gasteiger partial charge in [-0.15, -0.1) is 0 Å². The molecule has 4 aromatic rings. The van der Waals surface area contributed by atoms with Gasteiger partial charge in [-0.3, -0.25) is 18.8 Å². The van der Waals surface area contributed by atoms with Crippen LogP contribution in [0.1, 0.15) is 23.9 Å². The van der Waals surface area contributed by atoms with E-state index in [9.17, 15) is 9.59 Å². The number of nitrogens with one attached hydrogen (secondary N) is 1. The van der Waals surface area contributed by atoms with Crippen molar-refractivity contribution in [3.63, 3.8) is 0 Å². The van der Waals surface area contributed by atoms with Crippen LogP contribution in [0, 0.1) is 13.8 Å². The molecule has 8 nitrogen and oxygen atoms in total. The standard InChI is InChI=1S/C25H27N5O3S/c1-15-22(16(2)29(4)28-15)27-23(31)17(3)34-25-26-21-9-7-6-8-20(21)24(32)30(25)14-18-10-12-19(33-5)13-11-18/h6-13,17H,14H2,1-5H3,(H,27,31)/t17-/m1/s1. The van der Waals surface area contributed by atoms with Crippen LogP contribution < -0.4 is 15.6 Å². The second-order valence-electron chi connectivity index (χ2n) is 8.07. The van der Waals surface area contributed by atoms with Gasteiger partial charge in [0.15, 0.2) is 5.16 Å². The van der Waals surface area contributed by atoms with Crippen molar-refractivity contribution in [1.29, 1.82) is 0 Å². The van der Waals surface area contributed by atoms with Crippen LogP contribution in [0.5, 0.6) is 5.75 Å². The minimum absolute atomic E-state index is 0.143. The molecule has 0 fully saturated rings. The number of ether oxygens (including phenoxy) is 1. The lowest BCUT2D eigenvalue weighted by molar-refractivity contribution is -0.115. The molecule has 0 radical (unpaired) electrons. The number of benzene rings is 2. The number of rotatable bonds is 7. The second kappa shape index (κ2) is 9.72. The Labute approximate surface area is 202 Å². The van der Waals surface area contributed by atoms with E-state index in [0.29, 0.717) is 28.3 Å². The smallest absolute Gasteiger partial charge is 0.262 e. The fourth-order valence-electron chi connectivity index (χ4n) is 3.68. The number of aromatic nitrogens is 4. The maximum absolute atomic E-state index is 13.4. The molecule has 2 heterocycles. The van der Waals surface area contributed by atoms with Gasteiger partial charge < -0.3 is 10.1 Å². The molecular formula is C25H27N5O3S. The van der Waals surface area contributed by atoms with Crippen molar-refractivity contribution in [3.8, 4) is 5.75 Å². The van der Waals surface area contributed by atoms with E-state index in [2.05, 4.69) is 10.4 Å². The maximum Gasteiger partial charge on any atom is 0.262 e. The molecule has 2 aromatic heterocycles. The van der Waals surface area contributed by atoms with Gasteiger partial charge in [-0.2, -0.15) is 5.10 Å². The molecule has 1 amide bonds. The van der Waals surface area contributed by atoms with Crippen LogP contribution in [0.15, 0.2) is 58.5 Å². The molecular weight excluding hydrogens is 450 g/mol. The summed E-state index contributed by atoms with van der Waals surface area (Å²) in [6.45, 7) is 5.90. The maximum atomic E-state index is 13.4. The van der Waals surface area contributed by atoms with E-state index in [4.69, 9.17) is 9.72 Å². The summed E-state index contributed by atoms with van der Waals surface area (Å²) in [5.74, 6) is 0.566. The first-order valence-corrected chi connectivity index (χ1v) is 11.8. The van der Waals surface area contributed by atoms with E-state index in [1.807, 2.05) is 63.4 Å². The minimum Gasteiger partial charge on any atom is -0.497 e. The molecule has 1 N–H and O–H groups in total. The summed E-state index contributed by atoms with van der Waals surface area (Å²) in [5.41, 5.74) is 3.74. The fourth-order valence-corrected chi connectivity index (χ4v) is 4.59. The van der Waals surface area contributed by atoms with Crippen LogP contribution in [0.3, 0.4) is 0 Å². The summed E-state index contributed by atoms with van der Waals surface area (Å²) < 4.78 is 8.60. The molecule has 0 aliphatic rings. The minimum atomic E-state index is -0.491. The van der Waals surface area contributed by atoms with Crippen LogP contribution in [0.2, 0.25) is 0 Å². The van der Waals surface area contributed by atoms with Crippen molar-refractivity contribution in [1.82, 2.24) is 19.3 Å². The first kappa shape index (κ1) is 23.6. The molecule has 1 atom stereocenters. The number of aryl methyl sites for hydroxylation is 2. The van der Waals surface area contributed by atoms with Gasteiger partial charge in [0.2, 0.25) is 5.91 Å². The van der Waals surface area contributed by atoms with E-state index < -0.39 is 5.25 Å². The van der Waals surface area contributed by atoms with Crippen LogP contribution >= 0.6 is 11.8 Å². The van der Waals surface area contributed by atoms with Gasteiger partial charge >= 0.3 is 0 Å². The number of anilines is 1. The predicted octanol–water partition coefficient (Wildman–Crippen LogP) is 3.92. The van der Waals surface area contributed by atoms with Gasteiger partial charge in [0.1, 0.15) is 5.75 Å². The van der Waals surface area contributed by atoms with Gasteiger partial charge in [0.25, 0.3) is 5.56 Å². The van der Waals surface area contributed by atoms with Gasteiger partial charge in [-0.05, 0) is 50.6 Å². The summed E-state index contributed by atoms with van der Waals surface area (Å²) in [4.78, 5) is 31.1. The van der Waals surface area contributed by atoms with Crippen molar-refractivity contribution < 1.29 is 9.53 Å². The van der Waals surface area contributed by atoms with Gasteiger partial charge in [-0.25, -0.2) is 4.98 Å². The number of fused-ring (bicyclic) bond motifs is 1. The van der Waals surface area contributed by atoms with E-state index >= 15 is 0 Å². The fraction of sp³-hybridized carbons (Fsp3) is 0.280. The van der Waals surface area contributed by atoms with Crippen molar-refractivity contribution in [2.45, 2.75) is 37.7 Å². The number of carbonyl (C=O) groups excluding carboxylic acids is 1. The molecule has 2 aromatic carbocycles. The number of methoxy groups -OCH3 is 1. The van der Waals surface area contributed by atoms with Crippen molar-refractivity contribution in [2.24, 2.45) is 7.05 Å². The molecule has 0 saturated carbocycles. The summed E-state index contributed by atoms with van der Waals surface area (Å²) in [6.07, 6.45) is 0. The number of hydrogen-bond acceptors (Lipinski definition) is 6. The molecule has 9 heteroatoms. The Balaban J connectivity index is 1.66. The number of carbonyl (C=O) groups is 1. The molecule has 0 saturated heterocycles. The number of thioether (sulfide) groups is 1. The van der Waals surface area contributed by atoms with Crippen molar-refractivity contribution >= 4 is 34.3 Å². The van der Waals surface area contributed by atoms with Crippen LogP contribution in [0.4, 0.5) is 5.69 Å². The van der Waals surface area contributed by atoms with E-state index in [0.717, 1.165) is 22.7 Å². The lowest BCUT2D eigenvalue weighted by atomic mass is 10.2. The number of para-hydroxylation sites is 1. The topological polar surface area (TPSA) is 91.0 Å². The average molecular weight is 478 g/mol. The van der Waals surface area contributed by atoms with Crippen molar-refractivity contribution in [3.05, 3.63) is 75.8 Å². The highest BCUT2D eigenvalue weighted by atomic mass is 32.2. The van der Waals surface area contributed by atoms with Crippen LogP contribution in [-0.2, 0) is 18.4 Å². The zero-order valence-corrected chi connectivity index (χ0v) is 20.6. The molecule has 0 unspecified atom stereocenters. The summed E-state index contributed by atoms with van der Waals surface area (Å²) in [5, 5.41) is 7.87. The molecule has 4 rings (SSSR count). The largest absolute Gasteiger partial charge is 0.497 e. The SMILES string of the molecule is COc1ccc(Cn2c(S[C@H](C)C(=O)Nc3c(C)nn(C)c3C)nc3ccccc3c2=O)cc1. The Kier molecular flexibility index (Phi) is 6.74. The zero-order valence-electron chi connectivity index (χ0n) is 19.8. The predicted molar refractivity (Wildman–Crippen MR) is 135 cm³/mol. The Hall–Kier alpha value is -3.59. The molecule has 34 heavy (non-hydrogen) atoms. The van der Waals surface area contributed by atoms with E-state index in [1.54, 1.807) is 29.3 Å². The zero-order chi connectivity index (χ0) is 24.4. The molecule has 0 bridgehead atoms. The Morgan fingerprint density at radius 2 is 1.85 bits per heavy atom. The molecule has 176 valence electrons. The summed E-state index contributed by atoms with van der Waals surface area (Å²) in [6, 6.07) is 14.8. The highest BCUT2D eigenvalue weighted by molar-refractivity contribution is 8.00. The first-order chi connectivity index (χ1) is 16.3. The number of nitrogens with zero attached hydrogens (tertiary/aromatic N) is 4. The summed E-state index contributed by atoms with van der Waals surface area (Å²) >= 11 is 1.26. The number of amides is 1. The highest BCUT2D eigenvalue weighted by Gasteiger charge is 2.22. The molecule has 0 aliphatic heterocycles. The highest BCUT2D eigenvalue weighted by Crippen LogP contribution is 2.26.